The van der Waals surface area contributed by atoms with Crippen molar-refractivity contribution in [2.24, 2.45) is 0 Å². The van der Waals surface area contributed by atoms with Crippen molar-refractivity contribution < 1.29 is 14.3 Å². The van der Waals surface area contributed by atoms with Crippen LogP contribution in [-0.4, -0.2) is 38.0 Å². The maximum atomic E-state index is 13.1. The molecular weight excluding hydrogens is 562 g/mol. The minimum Gasteiger partial charge on any atom is -0.465 e. The van der Waals surface area contributed by atoms with Crippen molar-refractivity contribution in [2.75, 3.05) is 31.8 Å². The van der Waals surface area contributed by atoms with E-state index in [-0.39, 0.29) is 5.91 Å². The fourth-order valence-corrected chi connectivity index (χ4v) is 5.27. The smallest absolute Gasteiger partial charge is 0.337 e. The molecule has 0 unspecified atom stereocenters. The van der Waals surface area contributed by atoms with Crippen LogP contribution in [0, 0.1) is 0 Å². The average Bonchev–Trinajstić information content (AvgIpc) is 3.14. The monoisotopic (exact) mass is 583 g/mol. The first kappa shape index (κ1) is 24.2. The number of rotatable bonds is 6. The van der Waals surface area contributed by atoms with Gasteiger partial charge in [0.25, 0.3) is 5.91 Å². The Morgan fingerprint density at radius 2 is 1.68 bits per heavy atom. The highest BCUT2D eigenvalue weighted by Crippen LogP contribution is 2.39. The maximum Gasteiger partial charge on any atom is 0.337 e. The van der Waals surface area contributed by atoms with Crippen molar-refractivity contribution in [3.8, 4) is 0 Å². The van der Waals surface area contributed by atoms with Gasteiger partial charge in [-0.25, -0.2) is 4.79 Å². The number of carbonyl (C=O) groups excluding carboxylic acids is 2. The van der Waals surface area contributed by atoms with Crippen molar-refractivity contribution in [2.45, 2.75) is 6.54 Å². The Morgan fingerprint density at radius 3 is 2.29 bits per heavy atom. The predicted molar refractivity (Wildman–Crippen MR) is 143 cm³/mol. The molecule has 0 saturated carbocycles. The highest BCUT2D eigenvalue weighted by Gasteiger charge is 2.29. The van der Waals surface area contributed by atoms with E-state index in [0.29, 0.717) is 28.1 Å². The molecule has 6 nitrogen and oxygen atoms in total. The first-order valence-corrected chi connectivity index (χ1v) is 12.1. The third kappa shape index (κ3) is 4.94. The SMILES string of the molecule is COC(=O)c1ccc2c(c1)NC(=O)/C2=C(\Nc1cc(Br)c(CN(C)C)c(Br)c1)c1ccccc1. The van der Waals surface area contributed by atoms with E-state index in [4.69, 9.17) is 4.74 Å². The molecule has 0 atom stereocenters. The summed E-state index contributed by atoms with van der Waals surface area (Å²) in [5, 5.41) is 6.36. The summed E-state index contributed by atoms with van der Waals surface area (Å²) in [6.07, 6.45) is 0. The van der Waals surface area contributed by atoms with Gasteiger partial charge in [-0.3, -0.25) is 4.79 Å². The minimum atomic E-state index is -0.455. The van der Waals surface area contributed by atoms with Crippen LogP contribution in [0.15, 0.2) is 69.6 Å². The molecular formula is C26H23Br2N3O3. The fourth-order valence-electron chi connectivity index (χ4n) is 3.84. The Bertz CT molecular complexity index is 1280. The minimum absolute atomic E-state index is 0.245. The van der Waals surface area contributed by atoms with Gasteiger partial charge >= 0.3 is 5.97 Å². The third-order valence-corrected chi connectivity index (χ3v) is 6.80. The number of amides is 1. The second-order valence-electron chi connectivity index (χ2n) is 8.10. The van der Waals surface area contributed by atoms with Gasteiger partial charge in [-0.15, -0.1) is 0 Å². The Balaban J connectivity index is 1.84. The van der Waals surface area contributed by atoms with Gasteiger partial charge in [0.05, 0.1) is 29.6 Å². The zero-order valence-corrected chi connectivity index (χ0v) is 22.1. The van der Waals surface area contributed by atoms with Crippen LogP contribution in [0.3, 0.4) is 0 Å². The lowest BCUT2D eigenvalue weighted by Crippen LogP contribution is -2.12. The highest BCUT2D eigenvalue weighted by molar-refractivity contribution is 9.11. The molecule has 4 rings (SSSR count). The maximum absolute atomic E-state index is 13.1. The normalized spacial score (nSPS) is 14.0. The summed E-state index contributed by atoms with van der Waals surface area (Å²) in [4.78, 5) is 27.2. The molecule has 1 aliphatic heterocycles. The zero-order chi connectivity index (χ0) is 24.4. The van der Waals surface area contributed by atoms with E-state index in [2.05, 4.69) is 47.4 Å². The van der Waals surface area contributed by atoms with Gasteiger partial charge in [0.15, 0.2) is 0 Å². The molecule has 3 aromatic carbocycles. The fraction of sp³-hybridized carbons (Fsp3) is 0.154. The Hall–Kier alpha value is -2.94. The number of esters is 1. The van der Waals surface area contributed by atoms with Gasteiger partial charge in [-0.05, 0) is 49.5 Å². The number of hydrogen-bond donors (Lipinski definition) is 2. The second-order valence-corrected chi connectivity index (χ2v) is 9.81. The summed E-state index contributed by atoms with van der Waals surface area (Å²) in [5.41, 5.74) is 5.64. The van der Waals surface area contributed by atoms with Crippen LogP contribution in [0.5, 0.6) is 0 Å². The number of benzene rings is 3. The van der Waals surface area contributed by atoms with Gasteiger partial charge in [-0.2, -0.15) is 0 Å². The van der Waals surface area contributed by atoms with Crippen LogP contribution in [0.1, 0.15) is 27.0 Å². The van der Waals surface area contributed by atoms with Crippen LogP contribution in [0.4, 0.5) is 11.4 Å². The Labute approximate surface area is 215 Å². The lowest BCUT2D eigenvalue weighted by atomic mass is 9.99. The molecule has 0 aromatic heterocycles. The molecule has 174 valence electrons. The number of methoxy groups -OCH3 is 1. The van der Waals surface area contributed by atoms with Crippen LogP contribution in [-0.2, 0) is 16.1 Å². The Morgan fingerprint density at radius 1 is 1.00 bits per heavy atom. The zero-order valence-electron chi connectivity index (χ0n) is 18.9. The van der Waals surface area contributed by atoms with E-state index >= 15 is 0 Å². The van der Waals surface area contributed by atoms with Crippen molar-refractivity contribution in [1.29, 1.82) is 0 Å². The van der Waals surface area contributed by atoms with Crippen LogP contribution in [0.2, 0.25) is 0 Å². The van der Waals surface area contributed by atoms with Crippen molar-refractivity contribution in [3.63, 3.8) is 0 Å². The molecule has 1 amide bonds. The topological polar surface area (TPSA) is 70.7 Å². The van der Waals surface area contributed by atoms with E-state index in [1.807, 2.05) is 56.6 Å². The summed E-state index contributed by atoms with van der Waals surface area (Å²) >= 11 is 7.37. The van der Waals surface area contributed by atoms with Crippen LogP contribution >= 0.6 is 31.9 Å². The molecule has 0 spiro atoms. The summed E-state index contributed by atoms with van der Waals surface area (Å²) in [7, 11) is 5.37. The first-order valence-electron chi connectivity index (χ1n) is 10.5. The summed E-state index contributed by atoms with van der Waals surface area (Å²) < 4.78 is 6.72. The summed E-state index contributed by atoms with van der Waals surface area (Å²) in [6, 6.07) is 18.8. The van der Waals surface area contributed by atoms with Crippen molar-refractivity contribution >= 4 is 66.4 Å². The van der Waals surface area contributed by atoms with E-state index in [1.54, 1.807) is 18.2 Å². The van der Waals surface area contributed by atoms with Crippen LogP contribution in [0.25, 0.3) is 11.3 Å². The Kier molecular flexibility index (Phi) is 7.21. The largest absolute Gasteiger partial charge is 0.465 e. The number of halogens is 2. The summed E-state index contributed by atoms with van der Waals surface area (Å²) in [6.45, 7) is 0.770. The van der Waals surface area contributed by atoms with E-state index in [9.17, 15) is 9.59 Å². The van der Waals surface area contributed by atoms with E-state index < -0.39 is 5.97 Å². The summed E-state index contributed by atoms with van der Waals surface area (Å²) in [5.74, 6) is -0.700. The van der Waals surface area contributed by atoms with Gasteiger partial charge in [0.2, 0.25) is 0 Å². The number of hydrogen-bond acceptors (Lipinski definition) is 5. The third-order valence-electron chi connectivity index (χ3n) is 5.38. The quantitative estimate of drug-likeness (QED) is 0.275. The molecule has 0 radical (unpaired) electrons. The van der Waals surface area contributed by atoms with Gasteiger partial charge in [0.1, 0.15) is 0 Å². The highest BCUT2D eigenvalue weighted by atomic mass is 79.9. The second kappa shape index (κ2) is 10.1. The molecule has 0 aliphatic carbocycles. The standard InChI is InChI=1S/C26H23Br2N3O3/c1-31(2)14-19-20(27)12-17(13-21(19)28)29-24(15-7-5-4-6-8-15)23-18-10-9-16(26(33)34-3)11-22(18)30-25(23)32/h4-13,29H,14H2,1-3H3,(H,30,32)/b24-23-. The molecule has 0 saturated heterocycles. The molecule has 3 aromatic rings. The molecule has 34 heavy (non-hydrogen) atoms. The van der Waals surface area contributed by atoms with Gasteiger partial charge in [-0.1, -0.05) is 68.3 Å². The van der Waals surface area contributed by atoms with Gasteiger partial charge < -0.3 is 20.3 Å². The molecule has 0 bridgehead atoms. The lowest BCUT2D eigenvalue weighted by molar-refractivity contribution is -0.110. The average molecular weight is 585 g/mol. The van der Waals surface area contributed by atoms with E-state index in [1.165, 1.54) is 7.11 Å². The van der Waals surface area contributed by atoms with E-state index in [0.717, 1.165) is 32.3 Å². The van der Waals surface area contributed by atoms with Crippen molar-refractivity contribution in [3.05, 3.63) is 91.9 Å². The number of nitrogens with one attached hydrogen (secondary N) is 2. The number of anilines is 2. The number of nitrogens with zero attached hydrogens (tertiary/aromatic N) is 1. The van der Waals surface area contributed by atoms with Crippen molar-refractivity contribution in [1.82, 2.24) is 4.90 Å². The molecule has 0 fully saturated rings. The number of carbonyl (C=O) groups is 2. The first-order chi connectivity index (χ1) is 16.3. The van der Waals surface area contributed by atoms with Gasteiger partial charge in [0, 0.05) is 26.7 Å². The molecule has 2 N–H and O–H groups in total. The lowest BCUT2D eigenvalue weighted by Gasteiger charge is -2.18. The molecule has 1 heterocycles. The predicted octanol–water partition coefficient (Wildman–Crippen LogP) is 5.99. The molecule has 1 aliphatic rings. The number of fused-ring (bicyclic) bond motifs is 1. The number of ether oxygens (including phenoxy) is 1. The molecule has 8 heteroatoms. The van der Waals surface area contributed by atoms with Crippen LogP contribution < -0.4 is 10.6 Å².